The Labute approximate surface area is 99.2 Å². The van der Waals surface area contributed by atoms with Gasteiger partial charge in [-0.15, -0.1) is 0 Å². The number of rotatable bonds is 8. The van der Waals surface area contributed by atoms with Gasteiger partial charge in [0, 0.05) is 6.04 Å². The van der Waals surface area contributed by atoms with Crippen molar-refractivity contribution in [1.82, 2.24) is 5.32 Å². The predicted molar refractivity (Wildman–Crippen MR) is 70.4 cm³/mol. The Morgan fingerprint density at radius 1 is 1.19 bits per heavy atom. The molecule has 0 aromatic heterocycles. The van der Waals surface area contributed by atoms with Gasteiger partial charge in [0.1, 0.15) is 0 Å². The van der Waals surface area contributed by atoms with E-state index in [2.05, 4.69) is 42.6 Å². The van der Waals surface area contributed by atoms with Crippen LogP contribution < -0.4 is 11.1 Å². The summed E-state index contributed by atoms with van der Waals surface area (Å²) in [5.41, 5.74) is 6.91. The van der Waals surface area contributed by atoms with Crippen LogP contribution in [0.1, 0.15) is 44.2 Å². The van der Waals surface area contributed by atoms with Crippen molar-refractivity contribution in [3.63, 3.8) is 0 Å². The summed E-state index contributed by atoms with van der Waals surface area (Å²) in [5, 5.41) is 3.59. The van der Waals surface area contributed by atoms with Crippen molar-refractivity contribution in [3.05, 3.63) is 35.9 Å². The molecule has 0 fully saturated rings. The third-order valence-corrected chi connectivity index (χ3v) is 2.82. The molecule has 0 aliphatic heterocycles. The van der Waals surface area contributed by atoms with E-state index in [1.54, 1.807) is 0 Å². The smallest absolute Gasteiger partial charge is 0.0320 e. The minimum Gasteiger partial charge on any atom is -0.330 e. The van der Waals surface area contributed by atoms with Gasteiger partial charge >= 0.3 is 0 Å². The van der Waals surface area contributed by atoms with Crippen LogP contribution in [0.15, 0.2) is 30.3 Å². The molecule has 1 unspecified atom stereocenters. The first-order chi connectivity index (χ1) is 7.88. The van der Waals surface area contributed by atoms with Crippen molar-refractivity contribution in [3.8, 4) is 0 Å². The molecule has 90 valence electrons. The Morgan fingerprint density at radius 2 is 1.94 bits per heavy atom. The molecule has 0 aliphatic rings. The number of hydrogen-bond donors (Lipinski definition) is 2. The number of nitrogens with two attached hydrogens (primary N) is 1. The second-order valence-corrected chi connectivity index (χ2v) is 4.20. The second kappa shape index (κ2) is 8.31. The third kappa shape index (κ3) is 4.77. The lowest BCUT2D eigenvalue weighted by atomic mass is 10.0. The molecule has 1 atom stereocenters. The van der Waals surface area contributed by atoms with E-state index in [1.165, 1.54) is 24.8 Å². The summed E-state index contributed by atoms with van der Waals surface area (Å²) < 4.78 is 0. The van der Waals surface area contributed by atoms with Crippen molar-refractivity contribution in [1.29, 1.82) is 0 Å². The highest BCUT2D eigenvalue weighted by atomic mass is 14.9. The van der Waals surface area contributed by atoms with Crippen LogP contribution >= 0.6 is 0 Å². The van der Waals surface area contributed by atoms with Crippen LogP contribution in [0.5, 0.6) is 0 Å². The normalized spacial score (nSPS) is 12.6. The van der Waals surface area contributed by atoms with Crippen molar-refractivity contribution in [2.75, 3.05) is 13.1 Å². The minimum atomic E-state index is 0.493. The number of hydrogen-bond acceptors (Lipinski definition) is 2. The molecule has 0 bridgehead atoms. The highest BCUT2D eigenvalue weighted by Crippen LogP contribution is 2.18. The van der Waals surface area contributed by atoms with Crippen molar-refractivity contribution in [2.45, 2.75) is 38.6 Å². The molecular formula is C14H24N2. The van der Waals surface area contributed by atoms with Gasteiger partial charge in [-0.05, 0) is 31.5 Å². The average molecular weight is 220 g/mol. The van der Waals surface area contributed by atoms with E-state index in [-0.39, 0.29) is 0 Å². The summed E-state index contributed by atoms with van der Waals surface area (Å²) in [7, 11) is 0. The van der Waals surface area contributed by atoms with Crippen LogP contribution in [-0.4, -0.2) is 13.1 Å². The fourth-order valence-electron chi connectivity index (χ4n) is 1.86. The van der Waals surface area contributed by atoms with E-state index in [0.717, 1.165) is 19.5 Å². The average Bonchev–Trinajstić information content (AvgIpc) is 2.35. The first-order valence-corrected chi connectivity index (χ1v) is 6.37. The van der Waals surface area contributed by atoms with Gasteiger partial charge in [-0.3, -0.25) is 0 Å². The molecule has 1 rings (SSSR count). The highest BCUT2D eigenvalue weighted by Gasteiger charge is 2.08. The summed E-state index contributed by atoms with van der Waals surface area (Å²) in [6.45, 7) is 4.02. The maximum atomic E-state index is 5.51. The van der Waals surface area contributed by atoms with Gasteiger partial charge in [-0.1, -0.05) is 50.1 Å². The van der Waals surface area contributed by atoms with Crippen LogP contribution in [0.2, 0.25) is 0 Å². The Bertz CT molecular complexity index is 259. The second-order valence-electron chi connectivity index (χ2n) is 4.20. The molecule has 0 aliphatic carbocycles. The molecule has 0 amide bonds. The monoisotopic (exact) mass is 220 g/mol. The van der Waals surface area contributed by atoms with E-state index in [0.29, 0.717) is 6.04 Å². The lowest BCUT2D eigenvalue weighted by Gasteiger charge is -2.18. The van der Waals surface area contributed by atoms with E-state index < -0.39 is 0 Å². The van der Waals surface area contributed by atoms with Gasteiger partial charge in [0.05, 0.1) is 0 Å². The Morgan fingerprint density at radius 3 is 2.56 bits per heavy atom. The van der Waals surface area contributed by atoms with E-state index in [4.69, 9.17) is 5.73 Å². The Hall–Kier alpha value is -0.860. The van der Waals surface area contributed by atoms with Gasteiger partial charge in [-0.2, -0.15) is 0 Å². The largest absolute Gasteiger partial charge is 0.330 e. The minimum absolute atomic E-state index is 0.493. The molecule has 3 N–H and O–H groups in total. The molecule has 0 radical (unpaired) electrons. The molecule has 0 spiro atoms. The fraction of sp³-hybridized carbons (Fsp3) is 0.571. The van der Waals surface area contributed by atoms with Crippen LogP contribution in [0.25, 0.3) is 0 Å². The molecule has 1 aromatic rings. The topological polar surface area (TPSA) is 38.0 Å². The van der Waals surface area contributed by atoms with Crippen molar-refractivity contribution >= 4 is 0 Å². The Kier molecular flexibility index (Phi) is 6.86. The van der Waals surface area contributed by atoms with Crippen molar-refractivity contribution in [2.24, 2.45) is 5.73 Å². The van der Waals surface area contributed by atoms with Gasteiger partial charge in [0.15, 0.2) is 0 Å². The summed E-state index contributed by atoms with van der Waals surface area (Å²) in [6, 6.07) is 11.2. The molecule has 2 heteroatoms. The maximum Gasteiger partial charge on any atom is 0.0320 e. The first-order valence-electron chi connectivity index (χ1n) is 6.37. The summed E-state index contributed by atoms with van der Waals surface area (Å²) in [6.07, 6.45) is 4.79. The van der Waals surface area contributed by atoms with E-state index in [9.17, 15) is 0 Å². The van der Waals surface area contributed by atoms with E-state index in [1.807, 2.05) is 0 Å². The van der Waals surface area contributed by atoms with Crippen LogP contribution in [0.4, 0.5) is 0 Å². The highest BCUT2D eigenvalue weighted by molar-refractivity contribution is 5.18. The quantitative estimate of drug-likeness (QED) is 0.661. The van der Waals surface area contributed by atoms with Crippen molar-refractivity contribution < 1.29 is 0 Å². The maximum absolute atomic E-state index is 5.51. The standard InChI is InChI=1S/C14H24N2/c1-2-3-10-14(16-12-7-11-15)13-8-5-4-6-9-13/h4-6,8-9,14,16H,2-3,7,10-12,15H2,1H3. The molecule has 1 aromatic carbocycles. The molecule has 0 heterocycles. The summed E-state index contributed by atoms with van der Waals surface area (Å²) in [5.74, 6) is 0. The SMILES string of the molecule is CCCCC(NCCCN)c1ccccc1. The number of nitrogens with one attached hydrogen (secondary N) is 1. The molecule has 2 nitrogen and oxygen atoms in total. The zero-order valence-electron chi connectivity index (χ0n) is 10.3. The van der Waals surface area contributed by atoms with Gasteiger partial charge in [0.25, 0.3) is 0 Å². The molecule has 16 heavy (non-hydrogen) atoms. The first kappa shape index (κ1) is 13.2. The molecule has 0 saturated heterocycles. The van der Waals surface area contributed by atoms with Gasteiger partial charge in [-0.25, -0.2) is 0 Å². The lowest BCUT2D eigenvalue weighted by molar-refractivity contribution is 0.478. The number of benzene rings is 1. The molecule has 0 saturated carbocycles. The Balaban J connectivity index is 2.49. The van der Waals surface area contributed by atoms with Gasteiger partial charge in [0.2, 0.25) is 0 Å². The summed E-state index contributed by atoms with van der Waals surface area (Å²) >= 11 is 0. The fourth-order valence-corrected chi connectivity index (χ4v) is 1.86. The molecular weight excluding hydrogens is 196 g/mol. The third-order valence-electron chi connectivity index (χ3n) is 2.82. The van der Waals surface area contributed by atoms with Crippen LogP contribution in [-0.2, 0) is 0 Å². The van der Waals surface area contributed by atoms with E-state index >= 15 is 0 Å². The lowest BCUT2D eigenvalue weighted by Crippen LogP contribution is -2.24. The predicted octanol–water partition coefficient (Wildman–Crippen LogP) is 2.86. The van der Waals surface area contributed by atoms with Crippen LogP contribution in [0, 0.1) is 0 Å². The van der Waals surface area contributed by atoms with Gasteiger partial charge < -0.3 is 11.1 Å². The zero-order chi connectivity index (χ0) is 11.6. The zero-order valence-corrected chi connectivity index (χ0v) is 10.3. The van der Waals surface area contributed by atoms with Crippen LogP contribution in [0.3, 0.4) is 0 Å². The number of unbranched alkanes of at least 4 members (excludes halogenated alkanes) is 1. The summed E-state index contributed by atoms with van der Waals surface area (Å²) in [4.78, 5) is 0.